The molecule has 1 amide bonds. The zero-order valence-electron chi connectivity index (χ0n) is 10.9. The second kappa shape index (κ2) is 5.19. The van der Waals surface area contributed by atoms with Gasteiger partial charge in [-0.15, -0.1) is 0 Å². The van der Waals surface area contributed by atoms with Crippen LogP contribution < -0.4 is 5.32 Å². The minimum atomic E-state index is -4.82. The molecule has 0 aromatic heterocycles. The second-order valence-corrected chi connectivity index (χ2v) is 4.86. The summed E-state index contributed by atoms with van der Waals surface area (Å²) in [7, 11) is 0. The summed E-state index contributed by atoms with van der Waals surface area (Å²) < 4.78 is 51.3. The number of benzene rings is 1. The van der Waals surface area contributed by atoms with Crippen molar-refractivity contribution in [2.24, 2.45) is 0 Å². The van der Waals surface area contributed by atoms with Gasteiger partial charge in [0.05, 0.1) is 11.1 Å². The summed E-state index contributed by atoms with van der Waals surface area (Å²) in [5.74, 6) is -2.39. The molecule has 1 N–H and O–H groups in total. The highest BCUT2D eigenvalue weighted by Crippen LogP contribution is 2.32. The van der Waals surface area contributed by atoms with Crippen LogP contribution in [0.1, 0.15) is 43.1 Å². The van der Waals surface area contributed by atoms with Crippen LogP contribution in [-0.2, 0) is 6.18 Å². The fraction of sp³-hybridized carbons (Fsp3) is 0.462. The van der Waals surface area contributed by atoms with E-state index in [-0.39, 0.29) is 0 Å². The highest BCUT2D eigenvalue weighted by atomic mass is 19.4. The average molecular weight is 277 g/mol. The number of carbonyl (C=O) groups excluding carboxylic acids is 1. The van der Waals surface area contributed by atoms with Gasteiger partial charge in [-0.2, -0.15) is 13.2 Å². The lowest BCUT2D eigenvalue weighted by atomic mass is 10.0. The summed E-state index contributed by atoms with van der Waals surface area (Å²) in [5.41, 5.74) is -2.65. The van der Waals surface area contributed by atoms with E-state index in [1.165, 1.54) is 0 Å². The third kappa shape index (κ3) is 3.68. The molecule has 2 nitrogen and oxygen atoms in total. The van der Waals surface area contributed by atoms with Gasteiger partial charge >= 0.3 is 6.18 Å². The lowest BCUT2D eigenvalue weighted by Crippen LogP contribution is -2.43. The molecule has 0 radical (unpaired) electrons. The molecule has 0 aliphatic carbocycles. The predicted molar refractivity (Wildman–Crippen MR) is 63.2 cm³/mol. The van der Waals surface area contributed by atoms with Gasteiger partial charge in [0.2, 0.25) is 0 Å². The topological polar surface area (TPSA) is 29.1 Å². The van der Waals surface area contributed by atoms with Crippen molar-refractivity contribution in [2.75, 3.05) is 0 Å². The van der Waals surface area contributed by atoms with Crippen molar-refractivity contribution in [1.82, 2.24) is 5.32 Å². The molecule has 0 saturated carbocycles. The minimum absolute atomic E-state index is 0.569. The van der Waals surface area contributed by atoms with E-state index >= 15 is 0 Å². The largest absolute Gasteiger partial charge is 0.419 e. The van der Waals surface area contributed by atoms with Crippen molar-refractivity contribution in [1.29, 1.82) is 0 Å². The Morgan fingerprint density at radius 3 is 2.32 bits per heavy atom. The Morgan fingerprint density at radius 2 is 1.84 bits per heavy atom. The number of halogens is 4. The molecule has 6 heteroatoms. The number of hydrogen-bond acceptors (Lipinski definition) is 1. The van der Waals surface area contributed by atoms with Crippen LogP contribution >= 0.6 is 0 Å². The number of carbonyl (C=O) groups is 1. The van der Waals surface area contributed by atoms with E-state index in [1.807, 2.05) is 6.92 Å². The molecular formula is C13H15F4NO. The van der Waals surface area contributed by atoms with Crippen LogP contribution in [0, 0.1) is 5.82 Å². The standard InChI is InChI=1S/C13H15F4NO/c1-4-12(2,3)18-11(19)8-6-5-7-9(10(8)14)13(15,16)17/h5-7H,4H2,1-3H3,(H,18,19). The fourth-order valence-electron chi connectivity index (χ4n) is 1.39. The number of rotatable bonds is 3. The second-order valence-electron chi connectivity index (χ2n) is 4.86. The van der Waals surface area contributed by atoms with Crippen LogP contribution in [0.5, 0.6) is 0 Å². The average Bonchev–Trinajstić information content (AvgIpc) is 2.27. The third-order valence-corrected chi connectivity index (χ3v) is 2.88. The Labute approximate surface area is 108 Å². The Bertz CT molecular complexity index is 480. The molecule has 0 aliphatic rings. The van der Waals surface area contributed by atoms with Crippen LogP contribution in [-0.4, -0.2) is 11.4 Å². The number of nitrogens with one attached hydrogen (secondary N) is 1. The van der Waals surface area contributed by atoms with E-state index in [9.17, 15) is 22.4 Å². The summed E-state index contributed by atoms with van der Waals surface area (Å²) in [6.45, 7) is 5.22. The smallest absolute Gasteiger partial charge is 0.347 e. The summed E-state index contributed by atoms with van der Waals surface area (Å²) in [4.78, 5) is 11.8. The van der Waals surface area contributed by atoms with Crippen molar-refractivity contribution < 1.29 is 22.4 Å². The van der Waals surface area contributed by atoms with E-state index in [0.29, 0.717) is 12.5 Å². The summed E-state index contributed by atoms with van der Waals surface area (Å²) >= 11 is 0. The van der Waals surface area contributed by atoms with Gasteiger partial charge < -0.3 is 5.32 Å². The monoisotopic (exact) mass is 277 g/mol. The van der Waals surface area contributed by atoms with Crippen molar-refractivity contribution in [3.63, 3.8) is 0 Å². The summed E-state index contributed by atoms with van der Waals surface area (Å²) in [6.07, 6.45) is -4.25. The van der Waals surface area contributed by atoms with Gasteiger partial charge in [0.25, 0.3) is 5.91 Å². The molecule has 0 bridgehead atoms. The zero-order chi connectivity index (χ0) is 14.8. The normalized spacial score (nSPS) is 12.4. The van der Waals surface area contributed by atoms with Crippen LogP contribution in [0.2, 0.25) is 0 Å². The van der Waals surface area contributed by atoms with Gasteiger partial charge in [0, 0.05) is 5.54 Å². The van der Waals surface area contributed by atoms with Gasteiger partial charge in [-0.25, -0.2) is 4.39 Å². The molecule has 0 atom stereocenters. The van der Waals surface area contributed by atoms with Crippen molar-refractivity contribution in [3.05, 3.63) is 35.1 Å². The van der Waals surface area contributed by atoms with Crippen LogP contribution in [0.15, 0.2) is 18.2 Å². The Kier molecular flexibility index (Phi) is 4.22. The van der Waals surface area contributed by atoms with Gasteiger partial charge in [-0.05, 0) is 32.4 Å². The first-order valence-corrected chi connectivity index (χ1v) is 5.76. The molecule has 0 aliphatic heterocycles. The molecule has 0 heterocycles. The molecule has 1 aromatic carbocycles. The van der Waals surface area contributed by atoms with Crippen molar-refractivity contribution in [2.45, 2.75) is 38.9 Å². The first kappa shape index (κ1) is 15.5. The highest BCUT2D eigenvalue weighted by molar-refractivity contribution is 5.95. The van der Waals surface area contributed by atoms with Gasteiger partial charge in [0.15, 0.2) is 0 Å². The minimum Gasteiger partial charge on any atom is -0.347 e. The Hall–Kier alpha value is -1.59. The number of amides is 1. The highest BCUT2D eigenvalue weighted by Gasteiger charge is 2.36. The maximum absolute atomic E-state index is 13.7. The van der Waals surface area contributed by atoms with Crippen LogP contribution in [0.25, 0.3) is 0 Å². The summed E-state index contributed by atoms with van der Waals surface area (Å²) in [6, 6.07) is 2.66. The Balaban J connectivity index is 3.13. The fourth-order valence-corrected chi connectivity index (χ4v) is 1.39. The Morgan fingerprint density at radius 1 is 1.26 bits per heavy atom. The molecular weight excluding hydrogens is 262 g/mol. The molecule has 1 aromatic rings. The van der Waals surface area contributed by atoms with Crippen molar-refractivity contribution >= 4 is 5.91 Å². The SMILES string of the molecule is CCC(C)(C)NC(=O)c1cccc(C(F)(F)F)c1F. The molecule has 19 heavy (non-hydrogen) atoms. The van der Waals surface area contributed by atoms with Gasteiger partial charge in [-0.1, -0.05) is 13.0 Å². The van der Waals surface area contributed by atoms with Crippen molar-refractivity contribution in [3.8, 4) is 0 Å². The molecule has 0 unspecified atom stereocenters. The third-order valence-electron chi connectivity index (χ3n) is 2.88. The maximum atomic E-state index is 13.7. The number of hydrogen-bond donors (Lipinski definition) is 1. The van der Waals surface area contributed by atoms with E-state index in [0.717, 1.165) is 12.1 Å². The number of alkyl halides is 3. The van der Waals surface area contributed by atoms with Gasteiger partial charge in [-0.3, -0.25) is 4.79 Å². The van der Waals surface area contributed by atoms with Gasteiger partial charge in [0.1, 0.15) is 5.82 Å². The molecule has 1 rings (SSSR count). The molecule has 0 spiro atoms. The first-order chi connectivity index (χ1) is 8.58. The maximum Gasteiger partial charge on any atom is 0.419 e. The quantitative estimate of drug-likeness (QED) is 0.837. The molecule has 0 saturated heterocycles. The molecule has 0 fully saturated rings. The van der Waals surface area contributed by atoms with E-state index in [4.69, 9.17) is 0 Å². The van der Waals surface area contributed by atoms with E-state index < -0.39 is 34.6 Å². The summed E-state index contributed by atoms with van der Waals surface area (Å²) in [5, 5.41) is 2.50. The van der Waals surface area contributed by atoms with Crippen LogP contribution in [0.4, 0.5) is 17.6 Å². The predicted octanol–water partition coefficient (Wildman–Crippen LogP) is 3.76. The van der Waals surface area contributed by atoms with E-state index in [2.05, 4.69) is 5.32 Å². The van der Waals surface area contributed by atoms with E-state index in [1.54, 1.807) is 13.8 Å². The lowest BCUT2D eigenvalue weighted by Gasteiger charge is -2.24. The molecule has 106 valence electrons. The lowest BCUT2D eigenvalue weighted by molar-refractivity contribution is -0.140. The first-order valence-electron chi connectivity index (χ1n) is 5.76. The zero-order valence-corrected chi connectivity index (χ0v) is 10.9. The van der Waals surface area contributed by atoms with Crippen LogP contribution in [0.3, 0.4) is 0 Å².